The molecule has 0 radical (unpaired) electrons. The van der Waals surface area contributed by atoms with E-state index < -0.39 is 0 Å². The van der Waals surface area contributed by atoms with Crippen LogP contribution in [-0.4, -0.2) is 5.21 Å². The fourth-order valence-electron chi connectivity index (χ4n) is 1.42. The van der Waals surface area contributed by atoms with Gasteiger partial charge in [-0.2, -0.15) is 0 Å². The van der Waals surface area contributed by atoms with Crippen LogP contribution < -0.4 is 5.48 Å². The lowest BCUT2D eigenvalue weighted by molar-refractivity contribution is 0.225. The Bertz CT molecular complexity index is 346. The molecule has 0 saturated carbocycles. The molecule has 2 nitrogen and oxygen atoms in total. The van der Waals surface area contributed by atoms with Crippen molar-refractivity contribution in [3.05, 3.63) is 40.4 Å². The van der Waals surface area contributed by atoms with E-state index in [2.05, 4.69) is 5.48 Å². The Morgan fingerprint density at radius 3 is 3.00 bits per heavy atom. The van der Waals surface area contributed by atoms with Crippen LogP contribution in [0.1, 0.15) is 11.1 Å². The normalized spacial score (nSPS) is 14.0. The van der Waals surface area contributed by atoms with E-state index in [0.29, 0.717) is 0 Å². The van der Waals surface area contributed by atoms with E-state index in [-0.39, 0.29) is 0 Å². The molecule has 1 aliphatic rings. The second kappa shape index (κ2) is 2.81. The van der Waals surface area contributed by atoms with Crippen LogP contribution in [0.2, 0.25) is 5.02 Å². The SMILES string of the molecule is ONC1=CCc2cc(Cl)ccc21. The quantitative estimate of drug-likeness (QED) is 0.652. The number of halogens is 1. The van der Waals surface area contributed by atoms with Crippen LogP contribution in [-0.2, 0) is 6.42 Å². The van der Waals surface area contributed by atoms with Gasteiger partial charge in [0.05, 0.1) is 5.70 Å². The predicted octanol–water partition coefficient (Wildman–Crippen LogP) is 2.22. The van der Waals surface area contributed by atoms with Gasteiger partial charge in [-0.1, -0.05) is 23.7 Å². The molecule has 0 spiro atoms. The first-order chi connectivity index (χ1) is 5.81. The summed E-state index contributed by atoms with van der Waals surface area (Å²) < 4.78 is 0. The highest BCUT2D eigenvalue weighted by molar-refractivity contribution is 6.30. The van der Waals surface area contributed by atoms with E-state index in [1.165, 1.54) is 0 Å². The fraction of sp³-hybridized carbons (Fsp3) is 0.111. The standard InChI is InChI=1S/C9H8ClNO/c10-7-2-3-8-6(5-7)1-4-9(8)11-12/h2-5,11-12H,1H2. The Morgan fingerprint density at radius 1 is 1.42 bits per heavy atom. The zero-order valence-corrected chi connectivity index (χ0v) is 7.10. The molecule has 2 N–H and O–H groups in total. The third-order valence-electron chi connectivity index (χ3n) is 2.00. The lowest BCUT2D eigenvalue weighted by atomic mass is 10.1. The molecule has 0 bridgehead atoms. The summed E-state index contributed by atoms with van der Waals surface area (Å²) in [5.74, 6) is 0. The maximum absolute atomic E-state index is 8.73. The van der Waals surface area contributed by atoms with Crippen molar-refractivity contribution in [1.29, 1.82) is 0 Å². The van der Waals surface area contributed by atoms with E-state index >= 15 is 0 Å². The van der Waals surface area contributed by atoms with Gasteiger partial charge in [0.1, 0.15) is 0 Å². The van der Waals surface area contributed by atoms with Gasteiger partial charge in [-0.3, -0.25) is 10.7 Å². The van der Waals surface area contributed by atoms with Gasteiger partial charge in [0, 0.05) is 10.6 Å². The third kappa shape index (κ3) is 1.09. The molecule has 2 rings (SSSR count). The average Bonchev–Trinajstić information content (AvgIpc) is 2.46. The van der Waals surface area contributed by atoms with Gasteiger partial charge in [-0.25, -0.2) is 0 Å². The van der Waals surface area contributed by atoms with Gasteiger partial charge in [0.15, 0.2) is 0 Å². The van der Waals surface area contributed by atoms with Crippen molar-refractivity contribution in [3.8, 4) is 0 Å². The summed E-state index contributed by atoms with van der Waals surface area (Å²) in [6, 6.07) is 5.63. The highest BCUT2D eigenvalue weighted by Crippen LogP contribution is 2.27. The van der Waals surface area contributed by atoms with Crippen molar-refractivity contribution in [2.45, 2.75) is 6.42 Å². The van der Waals surface area contributed by atoms with Gasteiger partial charge < -0.3 is 0 Å². The monoisotopic (exact) mass is 181 g/mol. The molecule has 1 aromatic carbocycles. The van der Waals surface area contributed by atoms with E-state index in [4.69, 9.17) is 16.8 Å². The first-order valence-electron chi connectivity index (χ1n) is 3.70. The zero-order valence-electron chi connectivity index (χ0n) is 6.34. The van der Waals surface area contributed by atoms with Gasteiger partial charge in [0.2, 0.25) is 0 Å². The first kappa shape index (κ1) is 7.65. The Kier molecular flexibility index (Phi) is 1.79. The maximum atomic E-state index is 8.73. The highest BCUT2D eigenvalue weighted by Gasteiger charge is 2.12. The Morgan fingerprint density at radius 2 is 2.25 bits per heavy atom. The number of benzene rings is 1. The molecule has 62 valence electrons. The largest absolute Gasteiger partial charge is 0.291 e. The summed E-state index contributed by atoms with van der Waals surface area (Å²) in [6.07, 6.45) is 2.76. The smallest absolute Gasteiger partial charge is 0.0640 e. The van der Waals surface area contributed by atoms with E-state index in [9.17, 15) is 0 Å². The second-order valence-corrected chi connectivity index (χ2v) is 3.17. The number of rotatable bonds is 1. The topological polar surface area (TPSA) is 32.3 Å². The minimum Gasteiger partial charge on any atom is -0.291 e. The lowest BCUT2D eigenvalue weighted by Crippen LogP contribution is -2.03. The van der Waals surface area contributed by atoms with E-state index in [0.717, 1.165) is 28.3 Å². The Balaban J connectivity index is 2.47. The third-order valence-corrected chi connectivity index (χ3v) is 2.24. The van der Waals surface area contributed by atoms with Crippen molar-refractivity contribution >= 4 is 17.3 Å². The summed E-state index contributed by atoms with van der Waals surface area (Å²) in [6.45, 7) is 0. The molecule has 0 aliphatic heterocycles. The summed E-state index contributed by atoms with van der Waals surface area (Å²) in [5, 5.41) is 9.47. The molecule has 0 fully saturated rings. The number of allylic oxidation sites excluding steroid dienone is 1. The van der Waals surface area contributed by atoms with Crippen molar-refractivity contribution in [3.63, 3.8) is 0 Å². The number of fused-ring (bicyclic) bond motifs is 1. The number of hydroxylamine groups is 1. The van der Waals surface area contributed by atoms with Crippen LogP contribution in [0, 0.1) is 0 Å². The average molecular weight is 182 g/mol. The maximum Gasteiger partial charge on any atom is 0.0640 e. The highest BCUT2D eigenvalue weighted by atomic mass is 35.5. The van der Waals surface area contributed by atoms with Crippen LogP contribution in [0.4, 0.5) is 0 Å². The van der Waals surface area contributed by atoms with Gasteiger partial charge in [0.25, 0.3) is 0 Å². The predicted molar refractivity (Wildman–Crippen MR) is 48.1 cm³/mol. The van der Waals surface area contributed by atoms with E-state index in [1.807, 2.05) is 24.3 Å². The molecule has 0 unspecified atom stereocenters. The molecular formula is C9H8ClNO. The van der Waals surface area contributed by atoms with Crippen LogP contribution in [0.25, 0.3) is 5.70 Å². The Hall–Kier alpha value is -0.990. The second-order valence-electron chi connectivity index (χ2n) is 2.74. The molecular weight excluding hydrogens is 174 g/mol. The van der Waals surface area contributed by atoms with Crippen LogP contribution in [0.15, 0.2) is 24.3 Å². The van der Waals surface area contributed by atoms with Gasteiger partial charge in [-0.05, 0) is 24.1 Å². The van der Waals surface area contributed by atoms with Gasteiger partial charge in [-0.15, -0.1) is 0 Å². The van der Waals surface area contributed by atoms with Crippen molar-refractivity contribution < 1.29 is 5.21 Å². The molecule has 1 aliphatic carbocycles. The minimum absolute atomic E-state index is 0.737. The van der Waals surface area contributed by atoms with Crippen LogP contribution >= 0.6 is 11.6 Å². The van der Waals surface area contributed by atoms with E-state index in [1.54, 1.807) is 0 Å². The molecule has 0 amide bonds. The molecule has 1 aromatic rings. The molecule has 0 saturated heterocycles. The molecule has 0 aromatic heterocycles. The lowest BCUT2D eigenvalue weighted by Gasteiger charge is -2.03. The zero-order chi connectivity index (χ0) is 8.55. The molecule has 3 heteroatoms. The first-order valence-corrected chi connectivity index (χ1v) is 4.08. The minimum atomic E-state index is 0.737. The van der Waals surface area contributed by atoms with Crippen molar-refractivity contribution in [2.24, 2.45) is 0 Å². The summed E-state index contributed by atoms with van der Waals surface area (Å²) in [4.78, 5) is 0. The summed E-state index contributed by atoms with van der Waals surface area (Å²) >= 11 is 5.81. The molecule has 0 heterocycles. The van der Waals surface area contributed by atoms with Gasteiger partial charge >= 0.3 is 0 Å². The van der Waals surface area contributed by atoms with Crippen LogP contribution in [0.3, 0.4) is 0 Å². The van der Waals surface area contributed by atoms with Crippen LogP contribution in [0.5, 0.6) is 0 Å². The summed E-state index contributed by atoms with van der Waals surface area (Å²) in [5.41, 5.74) is 5.10. The number of hydrogen-bond donors (Lipinski definition) is 2. The van der Waals surface area contributed by atoms with Crippen molar-refractivity contribution in [2.75, 3.05) is 0 Å². The van der Waals surface area contributed by atoms with Crippen molar-refractivity contribution in [1.82, 2.24) is 5.48 Å². The summed E-state index contributed by atoms with van der Waals surface area (Å²) in [7, 11) is 0. The number of nitrogens with one attached hydrogen (secondary N) is 1. The number of hydrogen-bond acceptors (Lipinski definition) is 2. The molecule has 0 atom stereocenters. The fourth-order valence-corrected chi connectivity index (χ4v) is 1.62. The Labute approximate surface area is 75.4 Å². The molecule has 12 heavy (non-hydrogen) atoms.